The summed E-state index contributed by atoms with van der Waals surface area (Å²) in [5, 5.41) is 18.8. The number of aromatic nitrogens is 1. The van der Waals surface area contributed by atoms with Gasteiger partial charge in [0, 0.05) is 49.7 Å². The van der Waals surface area contributed by atoms with Crippen molar-refractivity contribution in [2.45, 2.75) is 64.1 Å². The number of aliphatic hydroxyl groups excluding tert-OH is 1. The van der Waals surface area contributed by atoms with Gasteiger partial charge in [-0.15, -0.1) is 0 Å². The molecule has 6 N–H and O–H groups in total. The van der Waals surface area contributed by atoms with Gasteiger partial charge in [-0.25, -0.2) is 4.79 Å². The number of anilines is 1. The Kier molecular flexibility index (Phi) is 7.78. The van der Waals surface area contributed by atoms with Crippen LogP contribution in [0.4, 0.5) is 10.5 Å². The molecule has 1 atom stereocenters. The molecule has 1 aromatic heterocycles. The number of nitrogens with one attached hydrogen (secondary N) is 3. The van der Waals surface area contributed by atoms with E-state index in [1.54, 1.807) is 6.20 Å². The zero-order valence-corrected chi connectivity index (χ0v) is 18.9. The molecule has 8 heteroatoms. The summed E-state index contributed by atoms with van der Waals surface area (Å²) in [6.07, 6.45) is 7.60. The number of ether oxygens (including phenoxy) is 1. The summed E-state index contributed by atoms with van der Waals surface area (Å²) < 4.78 is 5.26. The molecule has 1 unspecified atom stereocenters. The Morgan fingerprint density at radius 1 is 1.35 bits per heavy atom. The molecule has 172 valence electrons. The van der Waals surface area contributed by atoms with Gasteiger partial charge in [0.25, 0.3) is 0 Å². The number of pyridine rings is 1. The second-order valence-electron chi connectivity index (χ2n) is 9.60. The Morgan fingerprint density at radius 2 is 2.10 bits per heavy atom. The molecule has 31 heavy (non-hydrogen) atoms. The average Bonchev–Trinajstić information content (AvgIpc) is 3.51. The molecule has 1 aromatic rings. The van der Waals surface area contributed by atoms with E-state index >= 15 is 0 Å². The molecule has 8 nitrogen and oxygen atoms in total. The topological polar surface area (TPSA) is 122 Å². The van der Waals surface area contributed by atoms with E-state index < -0.39 is 11.7 Å². The zero-order valence-electron chi connectivity index (χ0n) is 18.9. The average molecular weight is 432 g/mol. The summed E-state index contributed by atoms with van der Waals surface area (Å²) in [5.41, 5.74) is 8.79. The van der Waals surface area contributed by atoms with Gasteiger partial charge in [0.05, 0.1) is 11.4 Å². The Hall–Kier alpha value is -2.32. The molecule has 0 aromatic carbocycles. The van der Waals surface area contributed by atoms with Crippen LogP contribution in [-0.4, -0.2) is 53.6 Å². The maximum Gasteiger partial charge on any atom is 0.407 e. The summed E-state index contributed by atoms with van der Waals surface area (Å²) in [6, 6.07) is 4.17. The van der Waals surface area contributed by atoms with Crippen LogP contribution in [0.5, 0.6) is 0 Å². The minimum Gasteiger partial charge on any atom is -0.444 e. The summed E-state index contributed by atoms with van der Waals surface area (Å²) >= 11 is 0. The van der Waals surface area contributed by atoms with Crippen molar-refractivity contribution < 1.29 is 14.6 Å². The van der Waals surface area contributed by atoms with E-state index in [-0.39, 0.29) is 12.6 Å². The van der Waals surface area contributed by atoms with Gasteiger partial charge in [-0.1, -0.05) is 0 Å². The van der Waals surface area contributed by atoms with Crippen molar-refractivity contribution >= 4 is 17.4 Å². The van der Waals surface area contributed by atoms with Crippen molar-refractivity contribution in [2.24, 2.45) is 17.6 Å². The van der Waals surface area contributed by atoms with E-state index in [9.17, 15) is 9.90 Å². The first-order valence-electron chi connectivity index (χ1n) is 11.3. The van der Waals surface area contributed by atoms with Gasteiger partial charge in [0.15, 0.2) is 0 Å². The second-order valence-corrected chi connectivity index (χ2v) is 9.60. The Bertz CT molecular complexity index is 767. The second kappa shape index (κ2) is 10.3. The molecule has 0 aliphatic heterocycles. The molecule has 2 fully saturated rings. The standard InChI is InChI=1S/C23H37N5O3/c1-23(2,3)31-22(30)27-10-9-25-19-5-4-8-26-21(19)18(20(24)16-6-7-16)13-28-17-11-15(12-17)14-29/h4-5,8,13,15-17,20,25,28-29H,6-7,9-12,14,24H2,1-3H3,(H,27,30)/b18-13+. The normalized spacial score (nSPS) is 22.3. The Balaban J connectivity index is 1.61. The van der Waals surface area contributed by atoms with Crippen LogP contribution in [0, 0.1) is 11.8 Å². The van der Waals surface area contributed by atoms with Crippen LogP contribution in [-0.2, 0) is 4.74 Å². The van der Waals surface area contributed by atoms with Gasteiger partial charge in [0.2, 0.25) is 0 Å². The summed E-state index contributed by atoms with van der Waals surface area (Å²) in [6.45, 7) is 6.74. The summed E-state index contributed by atoms with van der Waals surface area (Å²) in [4.78, 5) is 16.4. The molecule has 0 saturated heterocycles. The maximum absolute atomic E-state index is 11.8. The fourth-order valence-electron chi connectivity index (χ4n) is 3.71. The first kappa shape index (κ1) is 23.3. The van der Waals surface area contributed by atoms with Gasteiger partial charge in [0.1, 0.15) is 5.60 Å². The Morgan fingerprint density at radius 3 is 2.74 bits per heavy atom. The molecule has 2 aliphatic rings. The van der Waals surface area contributed by atoms with Crippen LogP contribution in [0.25, 0.3) is 5.57 Å². The number of nitrogens with two attached hydrogens (primary N) is 1. The molecular formula is C23H37N5O3. The van der Waals surface area contributed by atoms with Crippen molar-refractivity contribution in [3.63, 3.8) is 0 Å². The van der Waals surface area contributed by atoms with E-state index in [1.165, 1.54) is 0 Å². The van der Waals surface area contributed by atoms with Crippen molar-refractivity contribution in [1.29, 1.82) is 0 Å². The van der Waals surface area contributed by atoms with E-state index in [2.05, 4.69) is 20.9 Å². The number of alkyl carbamates (subject to hydrolysis) is 1. The van der Waals surface area contributed by atoms with Crippen LogP contribution in [0.1, 0.15) is 52.1 Å². The van der Waals surface area contributed by atoms with Crippen LogP contribution >= 0.6 is 0 Å². The fourth-order valence-corrected chi connectivity index (χ4v) is 3.71. The molecule has 1 amide bonds. The van der Waals surface area contributed by atoms with E-state index in [0.29, 0.717) is 31.0 Å². The van der Waals surface area contributed by atoms with Crippen molar-refractivity contribution in [2.75, 3.05) is 25.0 Å². The zero-order chi connectivity index (χ0) is 22.4. The highest BCUT2D eigenvalue weighted by Crippen LogP contribution is 2.38. The largest absolute Gasteiger partial charge is 0.444 e. The van der Waals surface area contributed by atoms with Crippen molar-refractivity contribution in [3.8, 4) is 0 Å². The maximum atomic E-state index is 11.8. The van der Waals surface area contributed by atoms with E-state index in [4.69, 9.17) is 10.5 Å². The number of aliphatic hydroxyl groups is 1. The highest BCUT2D eigenvalue weighted by molar-refractivity contribution is 5.76. The van der Waals surface area contributed by atoms with E-state index in [0.717, 1.165) is 42.6 Å². The number of rotatable bonds is 10. The predicted molar refractivity (Wildman–Crippen MR) is 122 cm³/mol. The third-order valence-corrected chi connectivity index (χ3v) is 5.65. The number of carbonyl (C=O) groups excluding carboxylic acids is 1. The van der Waals surface area contributed by atoms with Crippen LogP contribution in [0.15, 0.2) is 24.5 Å². The van der Waals surface area contributed by atoms with Crippen LogP contribution < -0.4 is 21.7 Å². The van der Waals surface area contributed by atoms with Gasteiger partial charge in [-0.2, -0.15) is 0 Å². The quantitative estimate of drug-likeness (QED) is 0.361. The third kappa shape index (κ3) is 7.11. The van der Waals surface area contributed by atoms with Crippen molar-refractivity contribution in [1.82, 2.24) is 15.6 Å². The monoisotopic (exact) mass is 431 g/mol. The molecule has 0 spiro atoms. The number of hydrogen-bond donors (Lipinski definition) is 5. The van der Waals surface area contributed by atoms with E-state index in [1.807, 2.05) is 39.1 Å². The lowest BCUT2D eigenvalue weighted by Gasteiger charge is -2.34. The molecule has 3 rings (SSSR count). The highest BCUT2D eigenvalue weighted by atomic mass is 16.6. The highest BCUT2D eigenvalue weighted by Gasteiger charge is 2.33. The lowest BCUT2D eigenvalue weighted by molar-refractivity contribution is 0.0530. The van der Waals surface area contributed by atoms with Crippen LogP contribution in [0.2, 0.25) is 0 Å². The smallest absolute Gasteiger partial charge is 0.407 e. The number of amides is 1. The first-order valence-corrected chi connectivity index (χ1v) is 11.3. The van der Waals surface area contributed by atoms with Crippen molar-refractivity contribution in [3.05, 3.63) is 30.2 Å². The number of carbonyl (C=O) groups is 1. The van der Waals surface area contributed by atoms with Crippen LogP contribution in [0.3, 0.4) is 0 Å². The third-order valence-electron chi connectivity index (χ3n) is 5.65. The number of nitrogens with zero attached hydrogens (tertiary/aromatic N) is 1. The van der Waals surface area contributed by atoms with Gasteiger partial charge in [-0.3, -0.25) is 4.98 Å². The number of hydrogen-bond acceptors (Lipinski definition) is 7. The molecule has 0 bridgehead atoms. The molecule has 0 radical (unpaired) electrons. The van der Waals surface area contributed by atoms with Gasteiger partial charge >= 0.3 is 6.09 Å². The molecule has 1 heterocycles. The summed E-state index contributed by atoms with van der Waals surface area (Å²) in [5.74, 6) is 0.888. The summed E-state index contributed by atoms with van der Waals surface area (Å²) in [7, 11) is 0. The molecule has 2 aliphatic carbocycles. The lowest BCUT2D eigenvalue weighted by Crippen LogP contribution is -2.40. The van der Waals surface area contributed by atoms with Gasteiger partial charge in [-0.05, 0) is 70.4 Å². The SMILES string of the molecule is CC(C)(C)OC(=O)NCCNc1cccnc1/C(=C/NC1CC(CO)C1)C(N)C1CC1. The van der Waals surface area contributed by atoms with Gasteiger partial charge < -0.3 is 31.5 Å². The lowest BCUT2D eigenvalue weighted by atomic mass is 9.81. The predicted octanol–water partition coefficient (Wildman–Crippen LogP) is 2.46. The fraction of sp³-hybridized carbons (Fsp3) is 0.652. The molecular weight excluding hydrogens is 394 g/mol. The molecule has 2 saturated carbocycles. The minimum atomic E-state index is -0.517. The first-order chi connectivity index (χ1) is 14.8. The minimum absolute atomic E-state index is 0.0726. The Labute approximate surface area is 185 Å².